The first-order valence-corrected chi connectivity index (χ1v) is 11.4. The van der Waals surface area contributed by atoms with Crippen molar-refractivity contribution in [2.45, 2.75) is 47.5 Å². The van der Waals surface area contributed by atoms with Crippen molar-refractivity contribution in [3.05, 3.63) is 106 Å². The molecule has 2 aromatic carbocycles. The van der Waals surface area contributed by atoms with Gasteiger partial charge in [0.1, 0.15) is 0 Å². The molecule has 0 unspecified atom stereocenters. The molecule has 0 N–H and O–H groups in total. The first-order chi connectivity index (χ1) is 14.8. The zero-order chi connectivity index (χ0) is 22.5. The van der Waals surface area contributed by atoms with E-state index in [0.717, 1.165) is 34.4 Å². The highest BCUT2D eigenvalue weighted by Gasteiger charge is 2.13. The molecule has 0 saturated heterocycles. The molecule has 1 aliphatic carbocycles. The predicted molar refractivity (Wildman–Crippen MR) is 143 cm³/mol. The van der Waals surface area contributed by atoms with Crippen molar-refractivity contribution in [3.63, 3.8) is 0 Å². The Balaban J connectivity index is 2.03. The highest BCUT2D eigenvalue weighted by molar-refractivity contribution is 7.80. The van der Waals surface area contributed by atoms with Gasteiger partial charge in [0.05, 0.1) is 0 Å². The standard InChI is InChI=1S/C30H32S/c1-7-9-27-23(6)18-26(25-13-11-24(8-2)12-14-25)19-29(27)21(4)10-15-28-22(5)16-20(3)17-30(28)31/h7,9-16,18-19H,4,8,17H2,1-3,5-6H3/b9-7-,15-10+. The van der Waals surface area contributed by atoms with Gasteiger partial charge in [-0.25, -0.2) is 0 Å². The maximum Gasteiger partial charge on any atom is 0.0267 e. The molecule has 0 atom stereocenters. The van der Waals surface area contributed by atoms with Gasteiger partial charge in [-0.2, -0.15) is 0 Å². The van der Waals surface area contributed by atoms with E-state index < -0.39 is 0 Å². The predicted octanol–water partition coefficient (Wildman–Crippen LogP) is 8.86. The molecule has 0 amide bonds. The number of rotatable bonds is 6. The van der Waals surface area contributed by atoms with E-state index in [1.165, 1.54) is 39.0 Å². The van der Waals surface area contributed by atoms with Crippen LogP contribution in [0, 0.1) is 6.92 Å². The molecular weight excluding hydrogens is 392 g/mol. The van der Waals surface area contributed by atoms with Crippen LogP contribution in [-0.2, 0) is 6.42 Å². The molecule has 0 saturated carbocycles. The van der Waals surface area contributed by atoms with Crippen LogP contribution in [0.15, 0.2) is 84.0 Å². The van der Waals surface area contributed by atoms with E-state index in [-0.39, 0.29) is 0 Å². The van der Waals surface area contributed by atoms with E-state index in [1.54, 1.807) is 0 Å². The Hall–Kier alpha value is -2.77. The second-order valence-corrected chi connectivity index (χ2v) is 8.84. The third-order valence-electron chi connectivity index (χ3n) is 5.84. The maximum atomic E-state index is 5.65. The van der Waals surface area contributed by atoms with Gasteiger partial charge < -0.3 is 0 Å². The van der Waals surface area contributed by atoms with E-state index >= 15 is 0 Å². The van der Waals surface area contributed by atoms with Gasteiger partial charge in [-0.05, 0) is 90.3 Å². The Morgan fingerprint density at radius 2 is 1.74 bits per heavy atom. The Bertz CT molecular complexity index is 1130. The van der Waals surface area contributed by atoms with Crippen LogP contribution in [-0.4, -0.2) is 4.86 Å². The van der Waals surface area contributed by atoms with Crippen molar-refractivity contribution >= 4 is 28.7 Å². The van der Waals surface area contributed by atoms with Crippen LogP contribution in [0.25, 0.3) is 22.8 Å². The first-order valence-electron chi connectivity index (χ1n) is 11.0. The molecule has 0 aromatic heterocycles. The van der Waals surface area contributed by atoms with Crippen LogP contribution < -0.4 is 0 Å². The smallest absolute Gasteiger partial charge is 0.0267 e. The lowest BCUT2D eigenvalue weighted by Gasteiger charge is -2.16. The lowest BCUT2D eigenvalue weighted by atomic mass is 9.89. The fraction of sp³-hybridized carbons (Fsp3) is 0.233. The van der Waals surface area contributed by atoms with Crippen LogP contribution in [0.5, 0.6) is 0 Å². The van der Waals surface area contributed by atoms with Crippen LogP contribution in [0.4, 0.5) is 0 Å². The van der Waals surface area contributed by atoms with Crippen molar-refractivity contribution in [2.24, 2.45) is 0 Å². The highest BCUT2D eigenvalue weighted by Crippen LogP contribution is 2.32. The number of benzene rings is 2. The third kappa shape index (κ3) is 5.29. The quantitative estimate of drug-likeness (QED) is 0.329. The van der Waals surface area contributed by atoms with Gasteiger partial charge in [0.2, 0.25) is 0 Å². The van der Waals surface area contributed by atoms with Crippen molar-refractivity contribution in [1.29, 1.82) is 0 Å². The minimum atomic E-state index is 0.866. The topological polar surface area (TPSA) is 0 Å². The molecule has 0 aliphatic heterocycles. The largest absolute Gasteiger partial charge is 0.0911 e. The zero-order valence-corrected chi connectivity index (χ0v) is 20.2. The molecule has 158 valence electrons. The minimum Gasteiger partial charge on any atom is -0.0911 e. The summed E-state index contributed by atoms with van der Waals surface area (Å²) in [6.45, 7) is 15.1. The average molecular weight is 425 g/mol. The molecule has 0 heterocycles. The van der Waals surface area contributed by atoms with E-state index in [9.17, 15) is 0 Å². The van der Waals surface area contributed by atoms with E-state index in [1.807, 2.05) is 0 Å². The maximum absolute atomic E-state index is 5.65. The molecule has 0 fully saturated rings. The monoisotopic (exact) mass is 424 g/mol. The number of hydrogen-bond donors (Lipinski definition) is 0. The summed E-state index contributed by atoms with van der Waals surface area (Å²) in [7, 11) is 0. The van der Waals surface area contributed by atoms with Gasteiger partial charge in [-0.1, -0.05) is 92.0 Å². The summed E-state index contributed by atoms with van der Waals surface area (Å²) in [4.78, 5) is 1.01. The summed E-state index contributed by atoms with van der Waals surface area (Å²) in [6, 6.07) is 13.4. The SMILES string of the molecule is C=C(/C=C/C1=C(C)C=C(C)CC1=S)c1cc(-c2ccc(CC)cc2)cc(C)c1/C=C\C. The third-order valence-corrected chi connectivity index (χ3v) is 6.20. The summed E-state index contributed by atoms with van der Waals surface area (Å²) in [5, 5.41) is 0. The van der Waals surface area contributed by atoms with Gasteiger partial charge in [-0.15, -0.1) is 0 Å². The van der Waals surface area contributed by atoms with E-state index in [2.05, 4.69) is 108 Å². The molecule has 0 radical (unpaired) electrons. The molecule has 0 spiro atoms. The van der Waals surface area contributed by atoms with Gasteiger partial charge in [-0.3, -0.25) is 0 Å². The van der Waals surface area contributed by atoms with E-state index in [0.29, 0.717) is 0 Å². The molecule has 2 aromatic rings. The average Bonchev–Trinajstić information content (AvgIpc) is 2.74. The number of aryl methyl sites for hydroxylation is 2. The molecule has 0 bridgehead atoms. The number of allylic oxidation sites excluding steroid dienone is 8. The van der Waals surface area contributed by atoms with Gasteiger partial charge >= 0.3 is 0 Å². The Morgan fingerprint density at radius 1 is 1.03 bits per heavy atom. The lowest BCUT2D eigenvalue weighted by Crippen LogP contribution is -2.05. The van der Waals surface area contributed by atoms with Crippen molar-refractivity contribution in [3.8, 4) is 11.1 Å². The van der Waals surface area contributed by atoms with Crippen molar-refractivity contribution in [2.75, 3.05) is 0 Å². The van der Waals surface area contributed by atoms with Crippen LogP contribution >= 0.6 is 12.2 Å². The van der Waals surface area contributed by atoms with E-state index in [4.69, 9.17) is 12.2 Å². The van der Waals surface area contributed by atoms with Crippen molar-refractivity contribution < 1.29 is 0 Å². The highest BCUT2D eigenvalue weighted by atomic mass is 32.1. The number of hydrogen-bond acceptors (Lipinski definition) is 1. The second-order valence-electron chi connectivity index (χ2n) is 8.35. The molecule has 1 aliphatic rings. The van der Waals surface area contributed by atoms with Crippen molar-refractivity contribution in [1.82, 2.24) is 0 Å². The molecule has 1 heteroatoms. The lowest BCUT2D eigenvalue weighted by molar-refractivity contribution is 1.14. The second kappa shape index (κ2) is 10.0. The Kier molecular flexibility index (Phi) is 7.41. The summed E-state index contributed by atoms with van der Waals surface area (Å²) >= 11 is 5.65. The molecular formula is C30H32S. The fourth-order valence-electron chi connectivity index (χ4n) is 4.12. The molecule has 3 rings (SSSR count). The summed E-state index contributed by atoms with van der Waals surface area (Å²) in [6.07, 6.45) is 12.7. The number of thiocarbonyl (C=S) groups is 1. The Labute approximate surface area is 193 Å². The van der Waals surface area contributed by atoms with Gasteiger partial charge in [0.25, 0.3) is 0 Å². The van der Waals surface area contributed by atoms with Crippen LogP contribution in [0.3, 0.4) is 0 Å². The zero-order valence-electron chi connectivity index (χ0n) is 19.4. The minimum absolute atomic E-state index is 0.866. The van der Waals surface area contributed by atoms with Crippen LogP contribution in [0.2, 0.25) is 0 Å². The first kappa shape index (κ1) is 22.9. The fourth-order valence-corrected chi connectivity index (χ4v) is 4.57. The van der Waals surface area contributed by atoms with Gasteiger partial charge in [0, 0.05) is 11.3 Å². The summed E-state index contributed by atoms with van der Waals surface area (Å²) in [5.74, 6) is 0. The molecule has 0 nitrogen and oxygen atoms in total. The normalized spacial score (nSPS) is 14.6. The summed E-state index contributed by atoms with van der Waals surface area (Å²) < 4.78 is 0. The summed E-state index contributed by atoms with van der Waals surface area (Å²) in [5.41, 5.74) is 12.2. The molecule has 31 heavy (non-hydrogen) atoms. The van der Waals surface area contributed by atoms with Crippen LogP contribution in [0.1, 0.15) is 56.4 Å². The van der Waals surface area contributed by atoms with Gasteiger partial charge in [0.15, 0.2) is 0 Å². The Morgan fingerprint density at radius 3 is 2.35 bits per heavy atom.